The van der Waals surface area contributed by atoms with Crippen LogP contribution in [0.25, 0.3) is 40.6 Å². The zero-order valence-corrected chi connectivity index (χ0v) is 22.4. The van der Waals surface area contributed by atoms with E-state index in [9.17, 15) is 4.55 Å². The average molecular weight is 541 g/mol. The van der Waals surface area contributed by atoms with E-state index >= 15 is 0 Å². The van der Waals surface area contributed by atoms with Gasteiger partial charge in [0.05, 0.1) is 30.7 Å². The highest BCUT2D eigenvalue weighted by molar-refractivity contribution is 7.93. The van der Waals surface area contributed by atoms with Crippen molar-refractivity contribution in [3.63, 3.8) is 0 Å². The predicted octanol–water partition coefficient (Wildman–Crippen LogP) is 3.52. The van der Waals surface area contributed by atoms with Crippen molar-refractivity contribution in [2.45, 2.75) is 6.92 Å². The first kappa shape index (κ1) is 26.2. The number of anilines is 1. The zero-order valence-electron chi connectivity index (χ0n) is 21.6. The van der Waals surface area contributed by atoms with E-state index in [0.29, 0.717) is 35.5 Å². The lowest BCUT2D eigenvalue weighted by Crippen LogP contribution is -2.31. The number of fused-ring (bicyclic) bond motifs is 1. The number of allylic oxidation sites excluding steroid dienone is 1. The number of nitrogens with zero attached hydrogens (tertiary/aromatic N) is 4. The molecule has 0 amide bonds. The highest BCUT2D eigenvalue weighted by atomic mass is 32.2. The Hall–Kier alpha value is -4.38. The summed E-state index contributed by atoms with van der Waals surface area (Å²) >= 11 is -1.43. The van der Waals surface area contributed by atoms with Gasteiger partial charge in [-0.2, -0.15) is 4.98 Å². The molecule has 5 aromatic rings. The molecule has 0 aliphatic rings. The van der Waals surface area contributed by atoms with Crippen molar-refractivity contribution in [1.29, 1.82) is 0 Å². The molecule has 1 atom stereocenters. The summed E-state index contributed by atoms with van der Waals surface area (Å²) in [5, 5.41) is 5.23. The van der Waals surface area contributed by atoms with Crippen LogP contribution in [0.4, 0.5) is 5.95 Å². The quantitative estimate of drug-likeness (QED) is 0.204. The van der Waals surface area contributed by atoms with E-state index in [2.05, 4.69) is 26.6 Å². The summed E-state index contributed by atoms with van der Waals surface area (Å²) in [5.74, 6) is 1.67. The van der Waals surface area contributed by atoms with E-state index in [1.807, 2.05) is 78.1 Å². The van der Waals surface area contributed by atoms with Gasteiger partial charge in [0.1, 0.15) is 23.4 Å². The molecule has 3 heterocycles. The molecule has 0 aliphatic carbocycles. The van der Waals surface area contributed by atoms with Crippen molar-refractivity contribution in [3.05, 3.63) is 95.2 Å². The molecular formula is C29H28N6O3S. The summed E-state index contributed by atoms with van der Waals surface area (Å²) in [4.78, 5) is 14.2. The third kappa shape index (κ3) is 5.88. The van der Waals surface area contributed by atoms with Crippen molar-refractivity contribution in [1.82, 2.24) is 24.1 Å². The number of ether oxygens (including phenoxy) is 1. The number of hydrogen-bond donors (Lipinski definition) is 2. The van der Waals surface area contributed by atoms with E-state index in [1.54, 1.807) is 25.8 Å². The van der Waals surface area contributed by atoms with E-state index < -0.39 is 11.4 Å². The van der Waals surface area contributed by atoms with Crippen LogP contribution in [-0.4, -0.2) is 44.1 Å². The first-order valence-corrected chi connectivity index (χ1v) is 13.5. The molecule has 0 fully saturated rings. The molecule has 198 valence electrons. The fourth-order valence-electron chi connectivity index (χ4n) is 4.10. The smallest absolute Gasteiger partial charge is 0.306 e. The van der Waals surface area contributed by atoms with Crippen LogP contribution >= 0.6 is 0 Å². The highest BCUT2D eigenvalue weighted by Crippen LogP contribution is 2.33. The molecule has 1 unspecified atom stereocenters. The van der Waals surface area contributed by atoms with Gasteiger partial charge in [-0.25, -0.2) is 9.97 Å². The number of rotatable bonds is 10. The van der Waals surface area contributed by atoms with Gasteiger partial charge in [-0.15, -0.1) is 4.72 Å². The van der Waals surface area contributed by atoms with E-state index in [1.165, 1.54) is 0 Å². The standard InChI is InChI=1S/C29H28N6O3S/c1-4-21-7-5-6-8-23(21)19-20(2)39(36)32-16-15-31-28-30-14-13-25(33-28)27-26(34-29-35(27)17-18-38-29)22-9-11-24(37-3)12-10-22/h4-14,17-19,32H,2,15-16H2,1,3H3,(H,30,31,33)/b21-4-,23-19-. The highest BCUT2D eigenvalue weighted by Gasteiger charge is 2.19. The Kier molecular flexibility index (Phi) is 8.07. The summed E-state index contributed by atoms with van der Waals surface area (Å²) in [7, 11) is 1.63. The molecule has 0 saturated heterocycles. The van der Waals surface area contributed by atoms with E-state index in [0.717, 1.165) is 33.1 Å². The maximum atomic E-state index is 12.7. The predicted molar refractivity (Wildman–Crippen MR) is 155 cm³/mol. The van der Waals surface area contributed by atoms with Gasteiger partial charge in [-0.3, -0.25) is 4.40 Å². The third-order valence-electron chi connectivity index (χ3n) is 6.03. The van der Waals surface area contributed by atoms with Gasteiger partial charge in [0, 0.05) is 30.6 Å². The molecule has 0 radical (unpaired) electrons. The molecule has 0 spiro atoms. The molecule has 2 N–H and O–H groups in total. The molecule has 10 heteroatoms. The van der Waals surface area contributed by atoms with Crippen molar-refractivity contribution in [3.8, 4) is 28.4 Å². The van der Waals surface area contributed by atoms with Crippen LogP contribution in [-0.2, 0) is 11.4 Å². The minimum Gasteiger partial charge on any atom is -0.593 e. The summed E-state index contributed by atoms with van der Waals surface area (Å²) in [6, 6.07) is 17.4. The molecular weight excluding hydrogens is 512 g/mol. The second-order valence-corrected chi connectivity index (χ2v) is 9.83. The van der Waals surface area contributed by atoms with Gasteiger partial charge < -0.3 is 19.0 Å². The second-order valence-electron chi connectivity index (χ2n) is 8.48. The normalized spacial score (nSPS) is 13.1. The first-order valence-electron chi connectivity index (χ1n) is 12.3. The van der Waals surface area contributed by atoms with Crippen molar-refractivity contribution < 1.29 is 13.7 Å². The van der Waals surface area contributed by atoms with Crippen LogP contribution in [0.3, 0.4) is 0 Å². The summed E-state index contributed by atoms with van der Waals surface area (Å²) in [6.45, 7) is 6.82. The summed E-state index contributed by atoms with van der Waals surface area (Å²) in [5.41, 5.74) is 3.10. The summed E-state index contributed by atoms with van der Waals surface area (Å²) in [6.07, 6.45) is 8.92. The van der Waals surface area contributed by atoms with Gasteiger partial charge in [0.2, 0.25) is 5.95 Å². The molecule has 0 aliphatic heterocycles. The number of imidazole rings is 1. The van der Waals surface area contributed by atoms with Gasteiger partial charge in [0.25, 0.3) is 0 Å². The Morgan fingerprint density at radius 1 is 1.10 bits per heavy atom. The number of hydrogen-bond acceptors (Lipinski definition) is 8. The lowest BCUT2D eigenvalue weighted by atomic mass is 10.1. The fourth-order valence-corrected chi connectivity index (χ4v) is 4.81. The molecule has 3 aromatic heterocycles. The Bertz CT molecular complexity index is 1710. The number of oxazole rings is 1. The number of nitrogens with one attached hydrogen (secondary N) is 2. The van der Waals surface area contributed by atoms with Crippen LogP contribution in [0.5, 0.6) is 5.75 Å². The first-order chi connectivity index (χ1) is 19.1. The summed E-state index contributed by atoms with van der Waals surface area (Å²) < 4.78 is 28.3. The average Bonchev–Trinajstić information content (AvgIpc) is 3.57. The van der Waals surface area contributed by atoms with Gasteiger partial charge in [-0.05, 0) is 54.3 Å². The molecule has 39 heavy (non-hydrogen) atoms. The van der Waals surface area contributed by atoms with Crippen molar-refractivity contribution in [2.75, 3.05) is 25.5 Å². The topological polar surface area (TPSA) is 113 Å². The number of aromatic nitrogens is 4. The Morgan fingerprint density at radius 3 is 2.67 bits per heavy atom. The van der Waals surface area contributed by atoms with Crippen molar-refractivity contribution in [2.24, 2.45) is 0 Å². The van der Waals surface area contributed by atoms with Crippen LogP contribution in [0.1, 0.15) is 6.92 Å². The minimum absolute atomic E-state index is 0.421. The van der Waals surface area contributed by atoms with Crippen LogP contribution < -0.4 is 25.2 Å². The zero-order chi connectivity index (χ0) is 27.2. The maximum absolute atomic E-state index is 12.7. The van der Waals surface area contributed by atoms with E-state index in [-0.39, 0.29) is 0 Å². The lowest BCUT2D eigenvalue weighted by molar-refractivity contribution is 0.415. The van der Waals surface area contributed by atoms with Crippen LogP contribution in [0.2, 0.25) is 0 Å². The van der Waals surface area contributed by atoms with Crippen molar-refractivity contribution >= 4 is 35.3 Å². The molecule has 5 rings (SSSR count). The largest absolute Gasteiger partial charge is 0.593 e. The molecule has 2 aromatic carbocycles. The fraction of sp³-hybridized carbons (Fsp3) is 0.138. The van der Waals surface area contributed by atoms with E-state index in [4.69, 9.17) is 14.1 Å². The molecule has 9 nitrogen and oxygen atoms in total. The van der Waals surface area contributed by atoms with Gasteiger partial charge in [0.15, 0.2) is 4.91 Å². The van der Waals surface area contributed by atoms with Crippen LogP contribution in [0, 0.1) is 0 Å². The maximum Gasteiger partial charge on any atom is 0.306 e. The molecule has 0 bridgehead atoms. The minimum atomic E-state index is -1.43. The van der Waals surface area contributed by atoms with Gasteiger partial charge >= 0.3 is 5.84 Å². The lowest BCUT2D eigenvalue weighted by Gasteiger charge is -2.11. The monoisotopic (exact) mass is 540 g/mol. The third-order valence-corrected chi connectivity index (χ3v) is 7.09. The van der Waals surface area contributed by atoms with Crippen LogP contribution in [0.15, 0.2) is 89.2 Å². The SMILES string of the molecule is C=C(/C=c1/cccc/c1=C/C)[S+]([O-])NCCNc1nccc(-c2c(-c3ccc(OC)cc3)nc3occn23)n1. The second kappa shape index (κ2) is 12.0. The Labute approximate surface area is 228 Å². The Morgan fingerprint density at radius 2 is 1.90 bits per heavy atom. The molecule has 0 saturated carbocycles. The number of methoxy groups -OCH3 is 1. The number of benzene rings is 2. The van der Waals surface area contributed by atoms with Gasteiger partial charge in [-0.1, -0.05) is 30.3 Å². The Balaban J connectivity index is 1.27.